The Kier molecular flexibility index (Phi) is 6.77. The summed E-state index contributed by atoms with van der Waals surface area (Å²) in [6.07, 6.45) is 9.27. The van der Waals surface area contributed by atoms with Gasteiger partial charge >= 0.3 is 6.03 Å². The molecule has 1 N–H and O–H groups in total. The number of methoxy groups -OCH3 is 1. The monoisotopic (exact) mass is 298 g/mol. The predicted molar refractivity (Wildman–Crippen MR) is 82.4 cm³/mol. The second-order valence-electron chi connectivity index (χ2n) is 6.38. The van der Waals surface area contributed by atoms with Crippen LogP contribution < -0.4 is 5.32 Å². The van der Waals surface area contributed by atoms with Gasteiger partial charge < -0.3 is 19.7 Å². The van der Waals surface area contributed by atoms with E-state index in [2.05, 4.69) is 5.32 Å². The van der Waals surface area contributed by atoms with E-state index in [4.69, 9.17) is 9.47 Å². The van der Waals surface area contributed by atoms with Crippen molar-refractivity contribution in [2.45, 2.75) is 44.9 Å². The van der Waals surface area contributed by atoms with Crippen LogP contribution in [-0.4, -0.2) is 57.5 Å². The molecule has 0 atom stereocenters. The van der Waals surface area contributed by atoms with Gasteiger partial charge in [-0.3, -0.25) is 0 Å². The number of nitrogens with zero attached hydrogens (tertiary/aromatic N) is 1. The van der Waals surface area contributed by atoms with Gasteiger partial charge in [-0.25, -0.2) is 4.79 Å². The molecule has 1 aliphatic heterocycles. The molecule has 1 spiro atoms. The van der Waals surface area contributed by atoms with E-state index in [1.54, 1.807) is 7.11 Å². The lowest BCUT2D eigenvalue weighted by atomic mass is 9.68. The van der Waals surface area contributed by atoms with Crippen LogP contribution in [0.4, 0.5) is 4.79 Å². The van der Waals surface area contributed by atoms with Crippen molar-refractivity contribution in [3.63, 3.8) is 0 Å². The SMILES string of the molecule is COCCOCCNC(=O)N1CCC2(CCCCC2)CC1. The Morgan fingerprint density at radius 3 is 2.43 bits per heavy atom. The standard InChI is InChI=1S/C16H30N2O3/c1-20-13-14-21-12-9-17-15(19)18-10-7-16(8-11-18)5-3-2-4-6-16/h2-14H2,1H3,(H,17,19). The average Bonchev–Trinajstić information content (AvgIpc) is 2.52. The Hall–Kier alpha value is -0.810. The van der Waals surface area contributed by atoms with E-state index in [0.29, 0.717) is 31.8 Å². The topological polar surface area (TPSA) is 50.8 Å². The van der Waals surface area contributed by atoms with Gasteiger partial charge in [0.25, 0.3) is 0 Å². The molecule has 0 radical (unpaired) electrons. The lowest BCUT2D eigenvalue weighted by Gasteiger charge is -2.44. The Bertz CT molecular complexity index is 307. The van der Waals surface area contributed by atoms with E-state index in [9.17, 15) is 4.79 Å². The molecular formula is C16H30N2O3. The van der Waals surface area contributed by atoms with Gasteiger partial charge in [0.05, 0.1) is 19.8 Å². The van der Waals surface area contributed by atoms with Crippen LogP contribution in [0.5, 0.6) is 0 Å². The Labute approximate surface area is 128 Å². The Morgan fingerprint density at radius 1 is 1.05 bits per heavy atom. The molecule has 2 fully saturated rings. The third kappa shape index (κ3) is 5.15. The maximum absolute atomic E-state index is 12.1. The first-order valence-corrected chi connectivity index (χ1v) is 8.35. The summed E-state index contributed by atoms with van der Waals surface area (Å²) in [6, 6.07) is 0.0657. The number of amides is 2. The Morgan fingerprint density at radius 2 is 1.76 bits per heavy atom. The molecule has 122 valence electrons. The molecule has 0 aromatic rings. The third-order valence-corrected chi connectivity index (χ3v) is 4.98. The summed E-state index contributed by atoms with van der Waals surface area (Å²) in [5.41, 5.74) is 0.554. The van der Waals surface area contributed by atoms with Crippen LogP contribution in [0, 0.1) is 5.41 Å². The first kappa shape index (κ1) is 16.6. The van der Waals surface area contributed by atoms with E-state index in [-0.39, 0.29) is 6.03 Å². The van der Waals surface area contributed by atoms with Gasteiger partial charge in [0, 0.05) is 26.7 Å². The number of piperidine rings is 1. The number of hydrogen-bond acceptors (Lipinski definition) is 3. The van der Waals surface area contributed by atoms with Crippen LogP contribution in [0.2, 0.25) is 0 Å². The zero-order valence-corrected chi connectivity index (χ0v) is 13.4. The van der Waals surface area contributed by atoms with Crippen molar-refractivity contribution in [3.8, 4) is 0 Å². The lowest BCUT2D eigenvalue weighted by Crippen LogP contribution is -2.48. The fraction of sp³-hybridized carbons (Fsp3) is 0.938. The molecule has 1 heterocycles. The molecule has 0 aromatic heterocycles. The number of hydrogen-bond donors (Lipinski definition) is 1. The number of nitrogens with one attached hydrogen (secondary N) is 1. The quantitative estimate of drug-likeness (QED) is 0.766. The van der Waals surface area contributed by atoms with Crippen molar-refractivity contribution in [3.05, 3.63) is 0 Å². The number of rotatable bonds is 6. The summed E-state index contributed by atoms with van der Waals surface area (Å²) in [4.78, 5) is 14.1. The van der Waals surface area contributed by atoms with Crippen molar-refractivity contribution in [2.24, 2.45) is 5.41 Å². The van der Waals surface area contributed by atoms with Gasteiger partial charge in [-0.05, 0) is 31.1 Å². The molecule has 1 saturated carbocycles. The fourth-order valence-corrected chi connectivity index (χ4v) is 3.57. The van der Waals surface area contributed by atoms with Gasteiger partial charge in [0.2, 0.25) is 0 Å². The van der Waals surface area contributed by atoms with E-state index < -0.39 is 0 Å². The smallest absolute Gasteiger partial charge is 0.317 e. The number of carbonyl (C=O) groups is 1. The van der Waals surface area contributed by atoms with E-state index >= 15 is 0 Å². The minimum atomic E-state index is 0.0657. The van der Waals surface area contributed by atoms with E-state index in [1.807, 2.05) is 4.90 Å². The van der Waals surface area contributed by atoms with E-state index in [1.165, 1.54) is 44.9 Å². The highest BCUT2D eigenvalue weighted by molar-refractivity contribution is 5.74. The van der Waals surface area contributed by atoms with Crippen molar-refractivity contribution < 1.29 is 14.3 Å². The number of urea groups is 1. The molecule has 5 nitrogen and oxygen atoms in total. The second kappa shape index (κ2) is 8.59. The number of likely N-dealkylation sites (tertiary alicyclic amines) is 1. The molecule has 21 heavy (non-hydrogen) atoms. The molecule has 0 bridgehead atoms. The lowest BCUT2D eigenvalue weighted by molar-refractivity contribution is 0.0681. The fourth-order valence-electron chi connectivity index (χ4n) is 3.57. The zero-order chi connectivity index (χ0) is 15.0. The molecule has 1 aliphatic carbocycles. The summed E-state index contributed by atoms with van der Waals surface area (Å²) in [5, 5.41) is 2.94. The van der Waals surface area contributed by atoms with Gasteiger partial charge in [-0.15, -0.1) is 0 Å². The molecule has 2 aliphatic rings. The summed E-state index contributed by atoms with van der Waals surface area (Å²) >= 11 is 0. The highest BCUT2D eigenvalue weighted by Gasteiger charge is 2.36. The van der Waals surface area contributed by atoms with Crippen LogP contribution in [0.3, 0.4) is 0 Å². The van der Waals surface area contributed by atoms with E-state index in [0.717, 1.165) is 13.1 Å². The number of carbonyl (C=O) groups excluding carboxylic acids is 1. The highest BCUT2D eigenvalue weighted by atomic mass is 16.5. The van der Waals surface area contributed by atoms with Crippen molar-refractivity contribution >= 4 is 6.03 Å². The Balaban J connectivity index is 1.59. The maximum atomic E-state index is 12.1. The summed E-state index contributed by atoms with van der Waals surface area (Å²) in [6.45, 7) is 4.13. The molecule has 2 rings (SSSR count). The second-order valence-corrected chi connectivity index (χ2v) is 6.38. The van der Waals surface area contributed by atoms with Crippen molar-refractivity contribution in [1.29, 1.82) is 0 Å². The molecule has 0 unspecified atom stereocenters. The van der Waals surface area contributed by atoms with Crippen LogP contribution in [-0.2, 0) is 9.47 Å². The van der Waals surface area contributed by atoms with Crippen molar-refractivity contribution in [1.82, 2.24) is 10.2 Å². The molecular weight excluding hydrogens is 268 g/mol. The first-order chi connectivity index (χ1) is 10.3. The predicted octanol–water partition coefficient (Wildman–Crippen LogP) is 2.41. The maximum Gasteiger partial charge on any atom is 0.317 e. The van der Waals surface area contributed by atoms with Gasteiger partial charge in [-0.1, -0.05) is 19.3 Å². The molecule has 0 aromatic carbocycles. The van der Waals surface area contributed by atoms with Crippen LogP contribution in [0.15, 0.2) is 0 Å². The largest absolute Gasteiger partial charge is 0.382 e. The van der Waals surface area contributed by atoms with Crippen LogP contribution in [0.25, 0.3) is 0 Å². The molecule has 2 amide bonds. The van der Waals surface area contributed by atoms with Gasteiger partial charge in [-0.2, -0.15) is 0 Å². The minimum absolute atomic E-state index is 0.0657. The minimum Gasteiger partial charge on any atom is -0.382 e. The summed E-state index contributed by atoms with van der Waals surface area (Å²) < 4.78 is 10.2. The first-order valence-electron chi connectivity index (χ1n) is 8.35. The van der Waals surface area contributed by atoms with Crippen LogP contribution in [0.1, 0.15) is 44.9 Å². The summed E-state index contributed by atoms with van der Waals surface area (Å²) in [5.74, 6) is 0. The molecule has 1 saturated heterocycles. The zero-order valence-electron chi connectivity index (χ0n) is 13.4. The molecule has 5 heteroatoms. The average molecular weight is 298 g/mol. The van der Waals surface area contributed by atoms with Crippen molar-refractivity contribution in [2.75, 3.05) is 46.6 Å². The summed E-state index contributed by atoms with van der Waals surface area (Å²) in [7, 11) is 1.65. The highest BCUT2D eigenvalue weighted by Crippen LogP contribution is 2.44. The van der Waals surface area contributed by atoms with Gasteiger partial charge in [0.1, 0.15) is 0 Å². The van der Waals surface area contributed by atoms with Crippen LogP contribution >= 0.6 is 0 Å². The normalized spacial score (nSPS) is 21.5. The number of ether oxygens (including phenoxy) is 2. The third-order valence-electron chi connectivity index (χ3n) is 4.98. The van der Waals surface area contributed by atoms with Gasteiger partial charge in [0.15, 0.2) is 0 Å².